The fourth-order valence-corrected chi connectivity index (χ4v) is 9.67. The zero-order valence-corrected chi connectivity index (χ0v) is 33.6. The fraction of sp³-hybridized carbons (Fsp3) is 0.356. The number of fused-ring (bicyclic) bond motifs is 4. The first kappa shape index (κ1) is 39.1. The molecule has 4 atom stereocenters. The maximum Gasteiger partial charge on any atom is 0.265 e. The van der Waals surface area contributed by atoms with Gasteiger partial charge in [-0.25, -0.2) is 4.39 Å². The normalized spacial score (nSPS) is 21.9. The molecule has 4 aromatic rings. The van der Waals surface area contributed by atoms with Crippen LogP contribution in [-0.2, 0) is 28.9 Å². The lowest BCUT2D eigenvalue weighted by atomic mass is 9.57. The molecule has 56 heavy (non-hydrogen) atoms. The minimum atomic E-state index is -2.99. The van der Waals surface area contributed by atoms with Crippen molar-refractivity contribution in [1.82, 2.24) is 10.1 Å². The number of benzene rings is 3. The van der Waals surface area contributed by atoms with Crippen molar-refractivity contribution in [2.24, 2.45) is 11.8 Å². The lowest BCUT2D eigenvalue weighted by Gasteiger charge is -2.55. The van der Waals surface area contributed by atoms with Crippen molar-refractivity contribution in [1.29, 1.82) is 0 Å². The fourth-order valence-electron chi connectivity index (χ4n) is 8.22. The van der Waals surface area contributed by atoms with E-state index in [1.807, 2.05) is 99.4 Å². The standard InChI is InChI=1S/C45H49FN2O7Si/c1-8-22-48(23-9-2)38-32-25-30-24-31-33(46)20-21-34(52-26-28-16-12-10-13-17-28)36(31)39(49)35(30)41(50)45(32,55-56(6,7)44(3,4)5)42(51)37-40(38)54-47-43(37)53-27-29-18-14-11-15-19-29/h8-21,30,32,38,49H,1-2,22-27H2,3-7H3/t30-,32-,38-,45-/m0/s1. The van der Waals surface area contributed by atoms with Crippen molar-refractivity contribution in [3.05, 3.63) is 143 Å². The van der Waals surface area contributed by atoms with Crippen LogP contribution < -0.4 is 9.47 Å². The lowest BCUT2D eigenvalue weighted by Crippen LogP contribution is -2.68. The summed E-state index contributed by atoms with van der Waals surface area (Å²) < 4.78 is 41.6. The minimum Gasteiger partial charge on any atom is -0.507 e. The molecule has 0 saturated heterocycles. The highest BCUT2D eigenvalue weighted by molar-refractivity contribution is 6.74. The molecule has 1 heterocycles. The topological polar surface area (TPSA) is 111 Å². The monoisotopic (exact) mass is 776 g/mol. The van der Waals surface area contributed by atoms with E-state index in [4.69, 9.17) is 18.4 Å². The summed E-state index contributed by atoms with van der Waals surface area (Å²) in [6, 6.07) is 21.0. The molecule has 0 bridgehead atoms. The Kier molecular flexibility index (Phi) is 10.6. The maximum absolute atomic E-state index is 15.9. The van der Waals surface area contributed by atoms with E-state index < -0.39 is 60.0 Å². The summed E-state index contributed by atoms with van der Waals surface area (Å²) in [6.07, 6.45) is 3.77. The van der Waals surface area contributed by atoms with Gasteiger partial charge in [-0.05, 0) is 65.3 Å². The van der Waals surface area contributed by atoms with Crippen molar-refractivity contribution in [2.75, 3.05) is 13.1 Å². The Labute approximate surface area is 328 Å². The van der Waals surface area contributed by atoms with Gasteiger partial charge in [0.25, 0.3) is 5.88 Å². The average molecular weight is 777 g/mol. The number of aromatic nitrogens is 1. The van der Waals surface area contributed by atoms with Crippen molar-refractivity contribution in [3.8, 4) is 11.6 Å². The maximum atomic E-state index is 15.9. The van der Waals surface area contributed by atoms with Crippen LogP contribution in [0, 0.1) is 17.7 Å². The Hall–Kier alpha value is -5.10. The van der Waals surface area contributed by atoms with Gasteiger partial charge in [0.15, 0.2) is 19.7 Å². The Balaban J connectivity index is 1.43. The quantitative estimate of drug-likeness (QED) is 0.0807. The zero-order chi connectivity index (χ0) is 40.0. The highest BCUT2D eigenvalue weighted by Gasteiger charge is 2.69. The van der Waals surface area contributed by atoms with Crippen LogP contribution in [0.1, 0.15) is 71.6 Å². The highest BCUT2D eigenvalue weighted by atomic mass is 28.4. The van der Waals surface area contributed by atoms with E-state index in [9.17, 15) is 5.11 Å². The molecule has 9 nitrogen and oxygen atoms in total. The van der Waals surface area contributed by atoms with Crippen LogP contribution in [0.3, 0.4) is 0 Å². The molecule has 292 valence electrons. The molecule has 7 rings (SSSR count). The summed E-state index contributed by atoms with van der Waals surface area (Å²) in [7, 11) is -2.99. The Bertz CT molecular complexity index is 2180. The van der Waals surface area contributed by atoms with E-state index in [1.54, 1.807) is 12.2 Å². The third-order valence-corrected chi connectivity index (χ3v) is 16.4. The second-order valence-corrected chi connectivity index (χ2v) is 21.1. The van der Waals surface area contributed by atoms with Gasteiger partial charge in [0.05, 0.1) is 11.6 Å². The summed E-state index contributed by atoms with van der Waals surface area (Å²) in [5.74, 6) is -3.26. The molecule has 3 aliphatic carbocycles. The number of carbonyl (C=O) groups excluding carboxylic acids is 2. The van der Waals surface area contributed by atoms with Gasteiger partial charge >= 0.3 is 0 Å². The first-order chi connectivity index (χ1) is 26.7. The molecular weight excluding hydrogens is 728 g/mol. The van der Waals surface area contributed by atoms with Gasteiger partial charge in [-0.1, -0.05) is 93.6 Å². The molecule has 1 aromatic heterocycles. The lowest BCUT2D eigenvalue weighted by molar-refractivity contribution is -0.141. The number of halogens is 1. The predicted molar refractivity (Wildman–Crippen MR) is 214 cm³/mol. The molecule has 0 radical (unpaired) electrons. The van der Waals surface area contributed by atoms with Crippen LogP contribution in [0.5, 0.6) is 11.6 Å². The predicted octanol–water partition coefficient (Wildman–Crippen LogP) is 9.37. The number of rotatable bonds is 13. The van der Waals surface area contributed by atoms with Gasteiger partial charge in [0, 0.05) is 30.1 Å². The molecule has 0 spiro atoms. The van der Waals surface area contributed by atoms with Crippen LogP contribution in [0.2, 0.25) is 18.1 Å². The van der Waals surface area contributed by atoms with Crippen LogP contribution >= 0.6 is 0 Å². The van der Waals surface area contributed by atoms with Gasteiger partial charge in [-0.15, -0.1) is 13.2 Å². The molecule has 1 N–H and O–H groups in total. The summed E-state index contributed by atoms with van der Waals surface area (Å²) in [4.78, 5) is 33.5. The van der Waals surface area contributed by atoms with Crippen molar-refractivity contribution in [2.45, 2.75) is 76.6 Å². The smallest absolute Gasteiger partial charge is 0.265 e. The Morgan fingerprint density at radius 1 is 0.929 bits per heavy atom. The number of aliphatic hydroxyl groups excluding tert-OH is 1. The number of ketones is 2. The first-order valence-corrected chi connectivity index (χ1v) is 22.0. The number of carbonyl (C=O) groups is 2. The first-order valence-electron chi connectivity index (χ1n) is 19.1. The number of ether oxygens (including phenoxy) is 2. The molecular formula is C45H49FN2O7Si. The zero-order valence-electron chi connectivity index (χ0n) is 32.6. The summed E-state index contributed by atoms with van der Waals surface area (Å²) in [5.41, 5.74) is 0.0188. The van der Waals surface area contributed by atoms with Gasteiger partial charge in [0.2, 0.25) is 11.6 Å². The van der Waals surface area contributed by atoms with Crippen LogP contribution in [-0.4, -0.2) is 53.7 Å². The third kappa shape index (κ3) is 6.65. The average Bonchev–Trinajstić information content (AvgIpc) is 3.59. The van der Waals surface area contributed by atoms with Gasteiger partial charge < -0.3 is 23.5 Å². The second kappa shape index (κ2) is 15.1. The molecule has 0 amide bonds. The van der Waals surface area contributed by atoms with Crippen LogP contribution in [0.25, 0.3) is 5.76 Å². The number of hydrogen-bond donors (Lipinski definition) is 1. The summed E-state index contributed by atoms with van der Waals surface area (Å²) in [6.45, 7) is 19.1. The van der Waals surface area contributed by atoms with E-state index in [2.05, 4.69) is 18.3 Å². The molecule has 11 heteroatoms. The van der Waals surface area contributed by atoms with E-state index in [0.29, 0.717) is 13.1 Å². The van der Waals surface area contributed by atoms with Crippen molar-refractivity contribution < 1.29 is 37.5 Å². The van der Waals surface area contributed by atoms with E-state index >= 15 is 14.0 Å². The molecule has 3 aliphatic rings. The van der Waals surface area contributed by atoms with Crippen molar-refractivity contribution >= 4 is 25.6 Å². The van der Waals surface area contributed by atoms with Gasteiger partial charge in [-0.3, -0.25) is 14.5 Å². The van der Waals surface area contributed by atoms with E-state index in [-0.39, 0.29) is 65.7 Å². The SMILES string of the molecule is C=CCN(CC=C)[C@@H]1c2onc(OCc3ccccc3)c2C(=O)[C@@]2(O[Si](C)(C)C(C)(C)C)C(=O)C3=C(O)c4c(OCc5ccccc5)ccc(F)c4C[C@H]3C[C@@H]12. The van der Waals surface area contributed by atoms with E-state index in [1.165, 1.54) is 12.1 Å². The second-order valence-electron chi connectivity index (χ2n) is 16.4. The number of hydrogen-bond acceptors (Lipinski definition) is 9. The Morgan fingerprint density at radius 2 is 1.54 bits per heavy atom. The summed E-state index contributed by atoms with van der Waals surface area (Å²) >= 11 is 0. The van der Waals surface area contributed by atoms with Crippen molar-refractivity contribution in [3.63, 3.8) is 0 Å². The van der Waals surface area contributed by atoms with Crippen LogP contribution in [0.15, 0.2) is 108 Å². The van der Waals surface area contributed by atoms with E-state index in [0.717, 1.165) is 11.1 Å². The van der Waals surface area contributed by atoms with Gasteiger partial charge in [-0.2, -0.15) is 0 Å². The molecule has 3 aromatic carbocycles. The minimum absolute atomic E-state index is 0.0278. The largest absolute Gasteiger partial charge is 0.507 e. The number of aliphatic hydroxyl groups is 1. The highest BCUT2D eigenvalue weighted by Crippen LogP contribution is 2.59. The molecule has 0 aliphatic heterocycles. The number of nitrogens with zero attached hydrogens (tertiary/aromatic N) is 2. The van der Waals surface area contributed by atoms with Crippen LogP contribution in [0.4, 0.5) is 4.39 Å². The summed E-state index contributed by atoms with van der Waals surface area (Å²) in [5, 5.41) is 16.2. The number of Topliss-reactive ketones (excluding diaryl/α,β-unsaturated/α-hetero) is 2. The third-order valence-electron chi connectivity index (χ3n) is 11.9. The Morgan fingerprint density at radius 3 is 2.12 bits per heavy atom. The molecule has 1 saturated carbocycles. The molecule has 0 unspecified atom stereocenters. The van der Waals surface area contributed by atoms with Gasteiger partial charge in [0.1, 0.15) is 36.1 Å². The molecule has 1 fully saturated rings.